The second kappa shape index (κ2) is 14.9. The van der Waals surface area contributed by atoms with Gasteiger partial charge in [0, 0.05) is 41.6 Å². The van der Waals surface area contributed by atoms with E-state index in [-0.39, 0.29) is 24.2 Å². The first kappa shape index (κ1) is 28.8. The predicted molar refractivity (Wildman–Crippen MR) is 146 cm³/mol. The summed E-state index contributed by atoms with van der Waals surface area (Å²) in [6, 6.07) is 18.5. The summed E-state index contributed by atoms with van der Waals surface area (Å²) in [6.45, 7) is 9.28. The van der Waals surface area contributed by atoms with Crippen molar-refractivity contribution in [2.75, 3.05) is 13.2 Å². The van der Waals surface area contributed by atoms with E-state index in [9.17, 15) is 4.79 Å². The first-order valence-corrected chi connectivity index (χ1v) is 14.1. The summed E-state index contributed by atoms with van der Waals surface area (Å²) in [7, 11) is -1.27. The number of unbranched alkanes of at least 4 members (excludes halogenated alkanes) is 1. The minimum absolute atomic E-state index is 0.218. The molecule has 37 heavy (non-hydrogen) atoms. The molecule has 0 bridgehead atoms. The Bertz CT molecular complexity index is 1120. The van der Waals surface area contributed by atoms with Crippen molar-refractivity contribution < 1.29 is 18.6 Å². The normalized spacial score (nSPS) is 15.1. The highest BCUT2D eigenvalue weighted by Crippen LogP contribution is 2.46. The Balaban J connectivity index is 1.54. The number of benzene rings is 2. The lowest BCUT2D eigenvalue weighted by molar-refractivity contribution is -0.149. The molecule has 2 unspecified atom stereocenters. The Labute approximate surface area is 222 Å². The van der Waals surface area contributed by atoms with E-state index in [1.54, 1.807) is 0 Å². The number of carbonyl (C=O) groups is 1. The third-order valence-electron chi connectivity index (χ3n) is 5.98. The highest BCUT2D eigenvalue weighted by molar-refractivity contribution is 7.44. The molecule has 0 amide bonds. The number of esters is 1. The molecule has 0 saturated heterocycles. The van der Waals surface area contributed by atoms with E-state index < -0.39 is 8.53 Å². The molecule has 2 atom stereocenters. The minimum atomic E-state index is -1.27. The SMILES string of the molecule is CC(C)N(C(C)C)P(OCCC#N)OCCCCC(=O)OC1Cc2ccccc2C#Cc2ccccc21. The Morgan fingerprint density at radius 3 is 2.38 bits per heavy atom. The molecule has 0 spiro atoms. The minimum Gasteiger partial charge on any atom is -0.457 e. The first-order chi connectivity index (χ1) is 17.9. The van der Waals surface area contributed by atoms with Gasteiger partial charge in [0.2, 0.25) is 0 Å². The molecule has 2 aromatic carbocycles. The molecule has 0 N–H and O–H groups in total. The van der Waals surface area contributed by atoms with Crippen LogP contribution < -0.4 is 0 Å². The number of hydrogen-bond acceptors (Lipinski definition) is 6. The van der Waals surface area contributed by atoms with Gasteiger partial charge in [-0.25, -0.2) is 4.67 Å². The van der Waals surface area contributed by atoms with Gasteiger partial charge in [0.05, 0.1) is 25.7 Å². The van der Waals surface area contributed by atoms with Crippen molar-refractivity contribution in [3.63, 3.8) is 0 Å². The number of nitriles is 1. The van der Waals surface area contributed by atoms with Gasteiger partial charge < -0.3 is 13.8 Å². The molecule has 0 fully saturated rings. The number of rotatable bonds is 13. The van der Waals surface area contributed by atoms with Crippen LogP contribution in [0.3, 0.4) is 0 Å². The monoisotopic (exact) mass is 520 g/mol. The average Bonchev–Trinajstić information content (AvgIpc) is 2.86. The Kier molecular flexibility index (Phi) is 11.6. The van der Waals surface area contributed by atoms with E-state index in [0.29, 0.717) is 38.9 Å². The summed E-state index contributed by atoms with van der Waals surface area (Å²) >= 11 is 0. The Hall–Kier alpha value is -2.73. The zero-order valence-electron chi connectivity index (χ0n) is 22.3. The molecule has 3 rings (SSSR count). The van der Waals surface area contributed by atoms with E-state index >= 15 is 0 Å². The number of carbonyl (C=O) groups excluding carboxylic acids is 1. The smallest absolute Gasteiger partial charge is 0.306 e. The first-order valence-electron chi connectivity index (χ1n) is 13.0. The maximum Gasteiger partial charge on any atom is 0.306 e. The fourth-order valence-electron chi connectivity index (χ4n) is 4.31. The third kappa shape index (κ3) is 8.67. The van der Waals surface area contributed by atoms with Gasteiger partial charge in [-0.15, -0.1) is 0 Å². The highest BCUT2D eigenvalue weighted by Gasteiger charge is 2.27. The van der Waals surface area contributed by atoms with Gasteiger partial charge in [0.15, 0.2) is 0 Å². The topological polar surface area (TPSA) is 71.8 Å². The van der Waals surface area contributed by atoms with Crippen molar-refractivity contribution in [3.05, 3.63) is 70.8 Å². The molecule has 1 aliphatic carbocycles. The molecule has 1 aliphatic rings. The Morgan fingerprint density at radius 2 is 1.65 bits per heavy atom. The summed E-state index contributed by atoms with van der Waals surface area (Å²) in [5, 5.41) is 8.86. The van der Waals surface area contributed by atoms with Crippen LogP contribution in [0.25, 0.3) is 0 Å². The molecule has 196 valence electrons. The number of fused-ring (bicyclic) bond motifs is 2. The van der Waals surface area contributed by atoms with Gasteiger partial charge in [-0.05, 0) is 58.2 Å². The maximum absolute atomic E-state index is 12.8. The number of ether oxygens (including phenoxy) is 1. The predicted octanol–water partition coefficient (Wildman–Crippen LogP) is 6.69. The summed E-state index contributed by atoms with van der Waals surface area (Å²) in [5.74, 6) is 6.29. The van der Waals surface area contributed by atoms with Crippen molar-refractivity contribution in [1.29, 1.82) is 5.26 Å². The highest BCUT2D eigenvalue weighted by atomic mass is 31.2. The van der Waals surface area contributed by atoms with Crippen molar-refractivity contribution in [3.8, 4) is 17.9 Å². The molecule has 0 saturated carbocycles. The molecule has 0 aromatic heterocycles. The van der Waals surface area contributed by atoms with Crippen molar-refractivity contribution >= 4 is 14.5 Å². The van der Waals surface area contributed by atoms with Crippen LogP contribution in [0.5, 0.6) is 0 Å². The molecule has 7 heteroatoms. The molecular weight excluding hydrogens is 483 g/mol. The second-order valence-electron chi connectivity index (χ2n) is 9.51. The zero-order valence-corrected chi connectivity index (χ0v) is 23.2. The van der Waals surface area contributed by atoms with Crippen molar-refractivity contribution in [2.24, 2.45) is 0 Å². The van der Waals surface area contributed by atoms with Crippen LogP contribution in [0.1, 0.15) is 81.7 Å². The van der Waals surface area contributed by atoms with Crippen LogP contribution in [-0.2, 0) is 25.0 Å². The Morgan fingerprint density at radius 1 is 1.00 bits per heavy atom. The fourth-order valence-corrected chi connectivity index (χ4v) is 5.93. The summed E-state index contributed by atoms with van der Waals surface area (Å²) in [4.78, 5) is 12.8. The van der Waals surface area contributed by atoms with Crippen LogP contribution in [0.15, 0.2) is 48.5 Å². The average molecular weight is 521 g/mol. The van der Waals surface area contributed by atoms with Crippen LogP contribution in [0.4, 0.5) is 0 Å². The van der Waals surface area contributed by atoms with E-state index in [1.165, 1.54) is 0 Å². The van der Waals surface area contributed by atoms with Gasteiger partial charge in [0.25, 0.3) is 8.53 Å². The van der Waals surface area contributed by atoms with Crippen molar-refractivity contribution in [1.82, 2.24) is 4.67 Å². The summed E-state index contributed by atoms with van der Waals surface area (Å²) in [5.41, 5.74) is 3.90. The fraction of sp³-hybridized carbons (Fsp3) is 0.467. The van der Waals surface area contributed by atoms with Crippen LogP contribution in [-0.4, -0.2) is 35.9 Å². The maximum atomic E-state index is 12.8. The van der Waals surface area contributed by atoms with Gasteiger partial charge in [-0.3, -0.25) is 4.79 Å². The molecule has 0 aliphatic heterocycles. The van der Waals surface area contributed by atoms with Crippen LogP contribution in [0, 0.1) is 23.2 Å². The van der Waals surface area contributed by atoms with E-state index in [0.717, 1.165) is 28.7 Å². The van der Waals surface area contributed by atoms with E-state index in [1.807, 2.05) is 48.5 Å². The van der Waals surface area contributed by atoms with Gasteiger partial charge in [0.1, 0.15) is 6.10 Å². The summed E-state index contributed by atoms with van der Waals surface area (Å²) in [6.07, 6.45) is 2.26. The number of hydrogen-bond donors (Lipinski definition) is 0. The van der Waals surface area contributed by atoms with Gasteiger partial charge >= 0.3 is 5.97 Å². The van der Waals surface area contributed by atoms with Crippen LogP contribution >= 0.6 is 8.53 Å². The third-order valence-corrected chi connectivity index (χ3v) is 8.08. The molecule has 2 aromatic rings. The lowest BCUT2D eigenvalue weighted by Crippen LogP contribution is -2.33. The van der Waals surface area contributed by atoms with E-state index in [4.69, 9.17) is 19.0 Å². The standard InChI is InChI=1S/C30H37N2O4P/c1-23(2)32(24(3)4)37(35-21-11-19-31)34-20-10-9-16-30(33)36-29-22-27-14-6-5-12-25(27)17-18-26-13-7-8-15-28(26)29/h5-8,12-15,23-24,29H,9-11,16,20-22H2,1-4H3. The summed E-state index contributed by atoms with van der Waals surface area (Å²) < 4.78 is 20.2. The molecular formula is C30H37N2O4P. The van der Waals surface area contributed by atoms with E-state index in [2.05, 4.69) is 50.3 Å². The van der Waals surface area contributed by atoms with Gasteiger partial charge in [-0.2, -0.15) is 5.26 Å². The molecule has 6 nitrogen and oxygen atoms in total. The van der Waals surface area contributed by atoms with Crippen molar-refractivity contribution in [2.45, 2.75) is 78.0 Å². The molecule has 0 radical (unpaired) electrons. The second-order valence-corrected chi connectivity index (χ2v) is 11.0. The lowest BCUT2D eigenvalue weighted by Gasteiger charge is -2.35. The number of nitrogens with zero attached hydrogens (tertiary/aromatic N) is 2. The van der Waals surface area contributed by atoms with Crippen LogP contribution in [0.2, 0.25) is 0 Å². The lowest BCUT2D eigenvalue weighted by atomic mass is 9.92. The molecule has 0 heterocycles. The quantitative estimate of drug-likeness (QED) is 0.127. The zero-order chi connectivity index (χ0) is 26.6. The largest absolute Gasteiger partial charge is 0.457 e. The van der Waals surface area contributed by atoms with Gasteiger partial charge in [-0.1, -0.05) is 48.2 Å².